The molecule has 0 aromatic rings. The highest BCUT2D eigenvalue weighted by Crippen LogP contribution is 2.17. The number of hydrogen-bond donors (Lipinski definition) is 3. The van der Waals surface area contributed by atoms with Crippen molar-refractivity contribution in [1.29, 1.82) is 0 Å². The van der Waals surface area contributed by atoms with Gasteiger partial charge in [0.2, 0.25) is 5.91 Å². The summed E-state index contributed by atoms with van der Waals surface area (Å²) >= 11 is 0. The van der Waals surface area contributed by atoms with Gasteiger partial charge < -0.3 is 20.3 Å². The van der Waals surface area contributed by atoms with Crippen molar-refractivity contribution in [3.8, 4) is 0 Å². The zero-order valence-electron chi connectivity index (χ0n) is 42.7. The Kier molecular flexibility index (Phi) is 50.0. The fraction of sp³-hybridized carbons (Fsp3) is 0.828. The Balaban J connectivity index is 4.63. The van der Waals surface area contributed by atoms with Gasteiger partial charge in [-0.1, -0.05) is 268 Å². The van der Waals surface area contributed by atoms with Gasteiger partial charge in [0.1, 0.15) is 6.10 Å². The lowest BCUT2D eigenvalue weighted by Crippen LogP contribution is -2.46. The molecule has 1 amide bonds. The van der Waals surface area contributed by atoms with Gasteiger partial charge in [-0.25, -0.2) is 0 Å². The molecule has 0 aromatic carbocycles. The first-order chi connectivity index (χ1) is 31.5. The molecule has 0 aliphatic rings. The summed E-state index contributed by atoms with van der Waals surface area (Å²) in [5, 5.41) is 23.8. The summed E-state index contributed by atoms with van der Waals surface area (Å²) in [5.41, 5.74) is 0. The summed E-state index contributed by atoms with van der Waals surface area (Å²) in [5.74, 6) is -0.564. The van der Waals surface area contributed by atoms with Crippen molar-refractivity contribution in [2.45, 2.75) is 302 Å². The number of hydrogen-bond acceptors (Lipinski definition) is 5. The van der Waals surface area contributed by atoms with E-state index in [1.54, 1.807) is 0 Å². The highest BCUT2D eigenvalue weighted by atomic mass is 16.5. The van der Waals surface area contributed by atoms with Crippen LogP contribution in [-0.2, 0) is 14.3 Å². The van der Waals surface area contributed by atoms with Crippen LogP contribution in [0.15, 0.2) is 48.6 Å². The minimum atomic E-state index is -0.809. The maximum absolute atomic E-state index is 13.2. The van der Waals surface area contributed by atoms with Gasteiger partial charge in [0, 0.05) is 12.8 Å². The molecule has 0 aromatic heterocycles. The molecule has 0 aliphatic carbocycles. The van der Waals surface area contributed by atoms with Crippen molar-refractivity contribution in [2.24, 2.45) is 0 Å². The van der Waals surface area contributed by atoms with Gasteiger partial charge in [0.05, 0.1) is 25.2 Å². The molecule has 0 aliphatic heterocycles. The van der Waals surface area contributed by atoms with Crippen molar-refractivity contribution >= 4 is 11.9 Å². The molecular formula is C58H107NO5. The molecule has 64 heavy (non-hydrogen) atoms. The maximum atomic E-state index is 13.2. The van der Waals surface area contributed by atoms with E-state index in [2.05, 4.69) is 68.6 Å². The predicted octanol–water partition coefficient (Wildman–Crippen LogP) is 17.0. The Morgan fingerprint density at radius 2 is 0.828 bits per heavy atom. The molecule has 3 unspecified atom stereocenters. The molecule has 6 heteroatoms. The van der Waals surface area contributed by atoms with E-state index in [-0.39, 0.29) is 24.9 Å². The lowest BCUT2D eigenvalue weighted by molar-refractivity contribution is -0.150. The standard InChI is InChI=1S/C58H107NO5/c1-4-7-10-13-16-19-22-25-27-28-29-31-33-36-39-42-45-48-51-58(63)64-54(49-46-43-40-37-34-32-30-26-23-20-17-14-11-8-5-2)52-57(62)59-55(53-60)56(61)50-47-44-41-38-35-24-21-18-15-12-9-6-3/h17,20,26,30,34,37,43,46,54-56,60-61H,4-16,18-19,21-25,27-29,31-33,35-36,38-42,44-45,47-53H2,1-3H3,(H,59,62)/b20-17-,30-26-,37-34-,46-43-. The Bertz CT molecular complexity index is 1100. The Morgan fingerprint density at radius 1 is 0.469 bits per heavy atom. The second kappa shape index (κ2) is 51.8. The molecule has 0 rings (SSSR count). The molecule has 6 nitrogen and oxygen atoms in total. The zero-order chi connectivity index (χ0) is 46.7. The van der Waals surface area contributed by atoms with E-state index in [0.29, 0.717) is 19.3 Å². The van der Waals surface area contributed by atoms with Crippen LogP contribution in [0.3, 0.4) is 0 Å². The SMILES string of the molecule is CCCCC/C=C\C/C=C\C/C=C\C/C=C\CC(CC(=O)NC(CO)C(O)CCCCCCCCCCCCCC)OC(=O)CCCCCCCCCCCCCCCCCCCC. The third-order valence-electron chi connectivity index (χ3n) is 12.7. The van der Waals surface area contributed by atoms with E-state index in [1.165, 1.54) is 180 Å². The van der Waals surface area contributed by atoms with Crippen LogP contribution in [0, 0.1) is 0 Å². The van der Waals surface area contributed by atoms with Crippen LogP contribution in [0.25, 0.3) is 0 Å². The summed E-state index contributed by atoms with van der Waals surface area (Å²) in [6.07, 6.45) is 63.4. The first-order valence-electron chi connectivity index (χ1n) is 27.9. The number of rotatable bonds is 50. The highest BCUT2D eigenvalue weighted by molar-refractivity contribution is 5.77. The smallest absolute Gasteiger partial charge is 0.306 e. The van der Waals surface area contributed by atoms with Gasteiger partial charge in [-0.15, -0.1) is 0 Å². The van der Waals surface area contributed by atoms with Crippen LogP contribution in [0.4, 0.5) is 0 Å². The summed E-state index contributed by atoms with van der Waals surface area (Å²) < 4.78 is 5.89. The number of carbonyl (C=O) groups is 2. The van der Waals surface area contributed by atoms with Gasteiger partial charge >= 0.3 is 5.97 Å². The van der Waals surface area contributed by atoms with Crippen LogP contribution in [0.5, 0.6) is 0 Å². The van der Waals surface area contributed by atoms with Gasteiger partial charge in [0.15, 0.2) is 0 Å². The van der Waals surface area contributed by atoms with Crippen molar-refractivity contribution < 1.29 is 24.5 Å². The van der Waals surface area contributed by atoms with Crippen molar-refractivity contribution in [3.05, 3.63) is 48.6 Å². The topological polar surface area (TPSA) is 95.9 Å². The van der Waals surface area contributed by atoms with Crippen LogP contribution in [0.2, 0.25) is 0 Å². The third kappa shape index (κ3) is 46.4. The maximum Gasteiger partial charge on any atom is 0.306 e. The fourth-order valence-electron chi connectivity index (χ4n) is 8.41. The lowest BCUT2D eigenvalue weighted by atomic mass is 10.0. The molecule has 374 valence electrons. The molecule has 0 saturated carbocycles. The molecule has 0 fully saturated rings. The van der Waals surface area contributed by atoms with Gasteiger partial charge in [0.25, 0.3) is 0 Å². The minimum Gasteiger partial charge on any atom is -0.461 e. The number of unbranched alkanes of at least 4 members (excludes halogenated alkanes) is 31. The van der Waals surface area contributed by atoms with Crippen LogP contribution >= 0.6 is 0 Å². The number of esters is 1. The number of amides is 1. The number of aliphatic hydroxyl groups is 2. The van der Waals surface area contributed by atoms with Crippen LogP contribution < -0.4 is 5.32 Å². The molecule has 0 spiro atoms. The van der Waals surface area contributed by atoms with Crippen molar-refractivity contribution in [1.82, 2.24) is 5.32 Å². The van der Waals surface area contributed by atoms with Gasteiger partial charge in [-0.3, -0.25) is 9.59 Å². The molecule has 0 bridgehead atoms. The molecule has 0 radical (unpaired) electrons. The minimum absolute atomic E-state index is 0.00468. The quantitative estimate of drug-likeness (QED) is 0.0321. The summed E-state index contributed by atoms with van der Waals surface area (Å²) in [7, 11) is 0. The lowest BCUT2D eigenvalue weighted by Gasteiger charge is -2.24. The van der Waals surface area contributed by atoms with E-state index in [1.807, 2.05) is 6.08 Å². The second-order valence-electron chi connectivity index (χ2n) is 19.0. The molecule has 0 saturated heterocycles. The monoisotopic (exact) mass is 898 g/mol. The number of aliphatic hydroxyl groups excluding tert-OH is 2. The van der Waals surface area contributed by atoms with Gasteiger partial charge in [-0.05, 0) is 44.9 Å². The molecule has 3 atom stereocenters. The first kappa shape index (κ1) is 61.8. The van der Waals surface area contributed by atoms with E-state index >= 15 is 0 Å². The van der Waals surface area contributed by atoms with Crippen molar-refractivity contribution in [3.63, 3.8) is 0 Å². The fourth-order valence-corrected chi connectivity index (χ4v) is 8.41. The van der Waals surface area contributed by atoms with Crippen LogP contribution in [-0.4, -0.2) is 46.9 Å². The van der Waals surface area contributed by atoms with E-state index in [4.69, 9.17) is 4.74 Å². The van der Waals surface area contributed by atoms with Crippen LogP contribution in [0.1, 0.15) is 284 Å². The van der Waals surface area contributed by atoms with E-state index in [9.17, 15) is 19.8 Å². The van der Waals surface area contributed by atoms with Gasteiger partial charge in [-0.2, -0.15) is 0 Å². The average molecular weight is 898 g/mol. The predicted molar refractivity (Wildman–Crippen MR) is 278 cm³/mol. The third-order valence-corrected chi connectivity index (χ3v) is 12.7. The summed E-state index contributed by atoms with van der Waals surface area (Å²) in [6.45, 7) is 6.45. The zero-order valence-corrected chi connectivity index (χ0v) is 42.7. The number of nitrogens with one attached hydrogen (secondary N) is 1. The number of allylic oxidation sites excluding steroid dienone is 7. The Morgan fingerprint density at radius 3 is 1.25 bits per heavy atom. The largest absolute Gasteiger partial charge is 0.461 e. The number of ether oxygens (including phenoxy) is 1. The average Bonchev–Trinajstić information content (AvgIpc) is 3.29. The Hall–Kier alpha value is -2.18. The summed E-state index contributed by atoms with van der Waals surface area (Å²) in [4.78, 5) is 26.2. The second-order valence-corrected chi connectivity index (χ2v) is 19.0. The normalized spacial score (nSPS) is 13.5. The highest BCUT2D eigenvalue weighted by Gasteiger charge is 2.23. The molecular weight excluding hydrogens is 791 g/mol. The van der Waals surface area contributed by atoms with E-state index < -0.39 is 18.2 Å². The van der Waals surface area contributed by atoms with Crippen molar-refractivity contribution in [2.75, 3.05) is 6.61 Å². The first-order valence-corrected chi connectivity index (χ1v) is 27.9. The molecule has 0 heterocycles. The molecule has 3 N–H and O–H groups in total. The number of carbonyl (C=O) groups excluding carboxylic acids is 2. The summed E-state index contributed by atoms with van der Waals surface area (Å²) in [6, 6.07) is -0.729. The van der Waals surface area contributed by atoms with E-state index in [0.717, 1.165) is 57.8 Å². The Labute approximate surface area is 397 Å².